The maximum absolute atomic E-state index is 13.0. The summed E-state index contributed by atoms with van der Waals surface area (Å²) in [5, 5.41) is 10.0. The number of hydrogen-bond acceptors (Lipinski definition) is 2. The van der Waals surface area contributed by atoms with Crippen LogP contribution in [0, 0.1) is 11.6 Å². The fourth-order valence-electron chi connectivity index (χ4n) is 1.65. The van der Waals surface area contributed by atoms with Crippen molar-refractivity contribution in [2.45, 2.75) is 6.10 Å². The summed E-state index contributed by atoms with van der Waals surface area (Å²) in [6.45, 7) is 0. The van der Waals surface area contributed by atoms with E-state index in [1.54, 1.807) is 6.07 Å². The van der Waals surface area contributed by atoms with E-state index in [0.717, 1.165) is 6.07 Å². The molecule has 0 saturated heterocycles. The van der Waals surface area contributed by atoms with Gasteiger partial charge in [-0.1, -0.05) is 18.2 Å². The van der Waals surface area contributed by atoms with Crippen LogP contribution in [0.15, 0.2) is 42.5 Å². The zero-order chi connectivity index (χ0) is 12.4. The highest BCUT2D eigenvalue weighted by Gasteiger charge is 2.14. The molecule has 0 fully saturated rings. The second-order valence-electron chi connectivity index (χ2n) is 3.73. The van der Waals surface area contributed by atoms with Gasteiger partial charge in [-0.3, -0.25) is 0 Å². The smallest absolute Gasteiger partial charge is 0.125 e. The lowest BCUT2D eigenvalue weighted by molar-refractivity contribution is 0.220. The molecule has 0 saturated carbocycles. The summed E-state index contributed by atoms with van der Waals surface area (Å²) in [4.78, 5) is 0. The van der Waals surface area contributed by atoms with Gasteiger partial charge in [-0.05, 0) is 29.8 Å². The zero-order valence-corrected chi connectivity index (χ0v) is 8.90. The lowest BCUT2D eigenvalue weighted by atomic mass is 10.00. The van der Waals surface area contributed by atoms with Crippen LogP contribution in [0.2, 0.25) is 0 Å². The summed E-state index contributed by atoms with van der Waals surface area (Å²) < 4.78 is 25.9. The van der Waals surface area contributed by atoms with Crippen molar-refractivity contribution in [3.8, 4) is 0 Å². The van der Waals surface area contributed by atoms with Gasteiger partial charge in [0.05, 0.1) is 0 Å². The maximum Gasteiger partial charge on any atom is 0.125 e. The second kappa shape index (κ2) is 4.51. The fraction of sp³-hybridized carbons (Fsp3) is 0.0769. The molecule has 3 N–H and O–H groups in total. The average Bonchev–Trinajstić information content (AvgIpc) is 2.28. The SMILES string of the molecule is Nc1cc(F)ccc1C(O)c1cccc(F)c1. The van der Waals surface area contributed by atoms with Crippen molar-refractivity contribution in [2.24, 2.45) is 0 Å². The zero-order valence-electron chi connectivity index (χ0n) is 8.90. The van der Waals surface area contributed by atoms with Crippen LogP contribution in [0.3, 0.4) is 0 Å². The number of halogens is 2. The summed E-state index contributed by atoms with van der Waals surface area (Å²) >= 11 is 0. The van der Waals surface area contributed by atoms with Crippen molar-refractivity contribution in [3.63, 3.8) is 0 Å². The van der Waals surface area contributed by atoms with Crippen molar-refractivity contribution in [1.82, 2.24) is 0 Å². The van der Waals surface area contributed by atoms with Crippen LogP contribution in [0.4, 0.5) is 14.5 Å². The maximum atomic E-state index is 13.0. The molecule has 2 aromatic rings. The van der Waals surface area contributed by atoms with Crippen LogP contribution in [-0.4, -0.2) is 5.11 Å². The lowest BCUT2D eigenvalue weighted by Crippen LogP contribution is -2.04. The first-order valence-corrected chi connectivity index (χ1v) is 5.06. The van der Waals surface area contributed by atoms with Crippen molar-refractivity contribution in [2.75, 3.05) is 5.73 Å². The molecule has 4 heteroatoms. The number of nitrogens with two attached hydrogens (primary N) is 1. The molecule has 1 unspecified atom stereocenters. The first kappa shape index (κ1) is 11.5. The van der Waals surface area contributed by atoms with Crippen molar-refractivity contribution in [3.05, 3.63) is 65.2 Å². The Kier molecular flexibility index (Phi) is 3.06. The molecule has 0 spiro atoms. The molecule has 17 heavy (non-hydrogen) atoms. The Balaban J connectivity index is 2.40. The Bertz CT molecular complexity index is 543. The minimum Gasteiger partial charge on any atom is -0.398 e. The molecule has 0 aliphatic rings. The van der Waals surface area contributed by atoms with Gasteiger partial charge < -0.3 is 10.8 Å². The molecular weight excluding hydrogens is 224 g/mol. The van der Waals surface area contributed by atoms with E-state index in [9.17, 15) is 13.9 Å². The largest absolute Gasteiger partial charge is 0.398 e. The van der Waals surface area contributed by atoms with Gasteiger partial charge in [0, 0.05) is 11.3 Å². The molecular formula is C13H11F2NO. The Hall–Kier alpha value is -1.94. The molecule has 0 aliphatic heterocycles. The average molecular weight is 235 g/mol. The highest BCUT2D eigenvalue weighted by Crippen LogP contribution is 2.27. The summed E-state index contributed by atoms with van der Waals surface area (Å²) in [6.07, 6.45) is -1.06. The third-order valence-electron chi connectivity index (χ3n) is 2.51. The predicted molar refractivity (Wildman–Crippen MR) is 61.3 cm³/mol. The molecule has 0 aromatic heterocycles. The third-order valence-corrected chi connectivity index (χ3v) is 2.51. The first-order chi connectivity index (χ1) is 8.08. The number of hydrogen-bond donors (Lipinski definition) is 2. The number of rotatable bonds is 2. The van der Waals surface area contributed by atoms with Crippen LogP contribution >= 0.6 is 0 Å². The highest BCUT2D eigenvalue weighted by atomic mass is 19.1. The van der Waals surface area contributed by atoms with E-state index < -0.39 is 17.7 Å². The summed E-state index contributed by atoms with van der Waals surface area (Å²) in [5.41, 5.74) is 6.48. The molecule has 2 nitrogen and oxygen atoms in total. The number of anilines is 1. The fourth-order valence-corrected chi connectivity index (χ4v) is 1.65. The molecule has 0 bridgehead atoms. The van der Waals surface area contributed by atoms with E-state index in [2.05, 4.69) is 0 Å². The molecule has 2 rings (SSSR count). The van der Waals surface area contributed by atoms with Crippen LogP contribution < -0.4 is 5.73 Å². The molecule has 0 aliphatic carbocycles. The van der Waals surface area contributed by atoms with Gasteiger partial charge in [0.15, 0.2) is 0 Å². The van der Waals surface area contributed by atoms with Gasteiger partial charge in [-0.25, -0.2) is 8.78 Å². The van der Waals surface area contributed by atoms with E-state index in [0.29, 0.717) is 11.1 Å². The van der Waals surface area contributed by atoms with Crippen LogP contribution in [0.5, 0.6) is 0 Å². The topological polar surface area (TPSA) is 46.2 Å². The van der Waals surface area contributed by atoms with Gasteiger partial charge in [0.2, 0.25) is 0 Å². The molecule has 0 heterocycles. The minimum absolute atomic E-state index is 0.141. The van der Waals surface area contributed by atoms with Crippen LogP contribution in [-0.2, 0) is 0 Å². The van der Waals surface area contributed by atoms with E-state index in [-0.39, 0.29) is 5.69 Å². The Labute approximate surface area is 97.3 Å². The Morgan fingerprint density at radius 3 is 2.35 bits per heavy atom. The first-order valence-electron chi connectivity index (χ1n) is 5.06. The standard InChI is InChI=1S/C13H11F2NO/c14-9-3-1-2-8(6-9)13(17)11-5-4-10(15)7-12(11)16/h1-7,13,17H,16H2. The number of aliphatic hydroxyl groups excluding tert-OH is 1. The highest BCUT2D eigenvalue weighted by molar-refractivity contribution is 5.50. The molecule has 1 atom stereocenters. The van der Waals surface area contributed by atoms with Crippen molar-refractivity contribution in [1.29, 1.82) is 0 Å². The van der Waals surface area contributed by atoms with E-state index in [1.165, 1.54) is 30.3 Å². The summed E-state index contributed by atoms with van der Waals surface area (Å²) in [6, 6.07) is 9.29. The Morgan fingerprint density at radius 2 is 1.71 bits per heavy atom. The van der Waals surface area contributed by atoms with Crippen LogP contribution in [0.25, 0.3) is 0 Å². The van der Waals surface area contributed by atoms with Gasteiger partial charge in [-0.2, -0.15) is 0 Å². The number of benzene rings is 2. The van der Waals surface area contributed by atoms with Gasteiger partial charge in [-0.15, -0.1) is 0 Å². The van der Waals surface area contributed by atoms with Crippen molar-refractivity contribution >= 4 is 5.69 Å². The Morgan fingerprint density at radius 1 is 1.00 bits per heavy atom. The van der Waals surface area contributed by atoms with Gasteiger partial charge >= 0.3 is 0 Å². The molecule has 2 aromatic carbocycles. The van der Waals surface area contributed by atoms with E-state index in [4.69, 9.17) is 5.73 Å². The van der Waals surface area contributed by atoms with E-state index in [1.807, 2.05) is 0 Å². The quantitative estimate of drug-likeness (QED) is 0.786. The second-order valence-corrected chi connectivity index (χ2v) is 3.73. The molecule has 0 radical (unpaired) electrons. The number of aliphatic hydroxyl groups is 1. The predicted octanol–water partition coefficient (Wildman–Crippen LogP) is 2.63. The minimum atomic E-state index is -1.06. The summed E-state index contributed by atoms with van der Waals surface area (Å²) in [5.74, 6) is -0.917. The van der Waals surface area contributed by atoms with Gasteiger partial charge in [0.25, 0.3) is 0 Å². The third kappa shape index (κ3) is 2.42. The number of nitrogen functional groups attached to an aromatic ring is 1. The van der Waals surface area contributed by atoms with E-state index >= 15 is 0 Å². The van der Waals surface area contributed by atoms with Crippen molar-refractivity contribution < 1.29 is 13.9 Å². The van der Waals surface area contributed by atoms with Crippen LogP contribution in [0.1, 0.15) is 17.2 Å². The lowest BCUT2D eigenvalue weighted by Gasteiger charge is -2.13. The molecule has 0 amide bonds. The monoisotopic (exact) mass is 235 g/mol. The summed E-state index contributed by atoms with van der Waals surface area (Å²) in [7, 11) is 0. The normalized spacial score (nSPS) is 12.4. The van der Waals surface area contributed by atoms with Gasteiger partial charge in [0.1, 0.15) is 17.7 Å². The molecule has 88 valence electrons.